The summed E-state index contributed by atoms with van der Waals surface area (Å²) in [5.74, 6) is 0.629. The smallest absolute Gasteiger partial charge is 0.233 e. The summed E-state index contributed by atoms with van der Waals surface area (Å²) >= 11 is 1.50. The molecule has 1 aliphatic heterocycles. The number of aryl methyl sites for hydroxylation is 3. The van der Waals surface area contributed by atoms with Gasteiger partial charge in [-0.25, -0.2) is 0 Å². The Morgan fingerprint density at radius 1 is 1.00 bits per heavy atom. The van der Waals surface area contributed by atoms with Gasteiger partial charge in [0.2, 0.25) is 5.91 Å². The first kappa shape index (κ1) is 18.3. The maximum Gasteiger partial charge on any atom is 0.233 e. The number of carbonyl (C=O) groups excluding carboxylic acids is 1. The van der Waals surface area contributed by atoms with Crippen molar-refractivity contribution in [2.24, 2.45) is 0 Å². The highest BCUT2D eigenvalue weighted by Gasteiger charge is 2.18. The van der Waals surface area contributed by atoms with E-state index in [1.54, 1.807) is 0 Å². The van der Waals surface area contributed by atoms with Crippen LogP contribution in [0.15, 0.2) is 23.4 Å². The highest BCUT2D eigenvalue weighted by Crippen LogP contribution is 2.29. The molecule has 3 aromatic rings. The first-order chi connectivity index (χ1) is 13.0. The summed E-state index contributed by atoms with van der Waals surface area (Å²) in [6, 6.07) is 6.49. The number of carbonyl (C=O) groups is 1. The topological polar surface area (TPSA) is 50.5 Å². The van der Waals surface area contributed by atoms with Crippen molar-refractivity contribution in [2.75, 3.05) is 18.8 Å². The molecule has 6 heteroatoms. The van der Waals surface area contributed by atoms with Crippen molar-refractivity contribution in [3.63, 3.8) is 0 Å². The minimum Gasteiger partial charge on any atom is -0.342 e. The monoisotopic (exact) mass is 382 g/mol. The maximum atomic E-state index is 12.7. The quantitative estimate of drug-likeness (QED) is 0.634. The van der Waals surface area contributed by atoms with E-state index >= 15 is 0 Å². The van der Waals surface area contributed by atoms with Gasteiger partial charge >= 0.3 is 0 Å². The molecular weight excluding hydrogens is 356 g/mol. The molecule has 27 heavy (non-hydrogen) atoms. The Kier molecular flexibility index (Phi) is 5.08. The maximum absolute atomic E-state index is 12.7. The van der Waals surface area contributed by atoms with Gasteiger partial charge in [0.1, 0.15) is 0 Å². The lowest BCUT2D eigenvalue weighted by molar-refractivity contribution is -0.128. The van der Waals surface area contributed by atoms with Gasteiger partial charge in [-0.05, 0) is 56.9 Å². The highest BCUT2D eigenvalue weighted by atomic mass is 32.2. The average Bonchev–Trinajstić information content (AvgIpc) is 2.85. The van der Waals surface area contributed by atoms with E-state index in [0.717, 1.165) is 42.3 Å². The molecule has 2 aromatic heterocycles. The molecule has 0 unspecified atom stereocenters. The Morgan fingerprint density at radius 2 is 1.74 bits per heavy atom. The number of fused-ring (bicyclic) bond motifs is 3. The molecule has 0 aliphatic carbocycles. The number of hydrogen-bond acceptors (Lipinski definition) is 4. The molecule has 0 radical (unpaired) electrons. The lowest BCUT2D eigenvalue weighted by atomic mass is 10.0. The summed E-state index contributed by atoms with van der Waals surface area (Å²) in [6.45, 7) is 8.15. The third-order valence-corrected chi connectivity index (χ3v) is 6.29. The number of nitrogens with zero attached hydrogens (tertiary/aromatic N) is 4. The standard InChI is InChI=1S/C21H26N4OS/c1-14-10-16(3)20-17(11-14)15(2)12-18-22-23-21(25(18)20)27-13-19(26)24-8-6-4-5-7-9-24/h10-12H,4-9,13H2,1-3H3. The fraction of sp³-hybridized carbons (Fsp3) is 0.476. The summed E-state index contributed by atoms with van der Waals surface area (Å²) in [5.41, 5.74) is 5.65. The fourth-order valence-electron chi connectivity index (χ4n) is 4.04. The van der Waals surface area contributed by atoms with E-state index in [4.69, 9.17) is 0 Å². The molecule has 1 aromatic carbocycles. The number of hydrogen-bond donors (Lipinski definition) is 0. The fourth-order valence-corrected chi connectivity index (χ4v) is 4.89. The van der Waals surface area contributed by atoms with Gasteiger partial charge in [-0.3, -0.25) is 9.20 Å². The summed E-state index contributed by atoms with van der Waals surface area (Å²) < 4.78 is 2.11. The SMILES string of the molecule is Cc1cc(C)c2c(c1)c(C)cc1nnc(SCC(=O)N3CCCCCC3)n12. The van der Waals surface area contributed by atoms with E-state index in [1.165, 1.54) is 46.7 Å². The zero-order valence-corrected chi connectivity index (χ0v) is 17.1. The molecular formula is C21H26N4OS. The Balaban J connectivity index is 1.66. The van der Waals surface area contributed by atoms with Crippen molar-refractivity contribution in [3.8, 4) is 0 Å². The molecule has 0 bridgehead atoms. The molecule has 0 atom stereocenters. The van der Waals surface area contributed by atoms with Crippen LogP contribution in [0.25, 0.3) is 16.6 Å². The van der Waals surface area contributed by atoms with E-state index in [0.29, 0.717) is 5.75 Å². The lowest BCUT2D eigenvalue weighted by Crippen LogP contribution is -2.33. The zero-order valence-electron chi connectivity index (χ0n) is 16.3. The van der Waals surface area contributed by atoms with E-state index in [1.807, 2.05) is 4.90 Å². The van der Waals surface area contributed by atoms with Crippen LogP contribution >= 0.6 is 11.8 Å². The molecule has 3 heterocycles. The second-order valence-corrected chi connectivity index (χ2v) is 8.51. The van der Waals surface area contributed by atoms with Gasteiger partial charge < -0.3 is 4.90 Å². The number of amides is 1. The Bertz CT molecular complexity index is 1000. The first-order valence-corrected chi connectivity index (χ1v) is 10.7. The normalized spacial score (nSPS) is 15.4. The third kappa shape index (κ3) is 3.55. The van der Waals surface area contributed by atoms with Crippen LogP contribution in [0.2, 0.25) is 0 Å². The molecule has 1 fully saturated rings. The van der Waals surface area contributed by atoms with Crippen LogP contribution in [-0.4, -0.2) is 44.2 Å². The van der Waals surface area contributed by atoms with E-state index in [2.05, 4.69) is 53.6 Å². The van der Waals surface area contributed by atoms with Gasteiger partial charge in [-0.1, -0.05) is 36.2 Å². The van der Waals surface area contributed by atoms with Gasteiger partial charge in [0.25, 0.3) is 0 Å². The predicted octanol–water partition coefficient (Wildman–Crippen LogP) is 4.30. The Hall–Kier alpha value is -2.08. The number of likely N-dealkylation sites (tertiary alicyclic amines) is 1. The van der Waals surface area contributed by atoms with Gasteiger partial charge in [-0.15, -0.1) is 10.2 Å². The summed E-state index contributed by atoms with van der Waals surface area (Å²) in [6.07, 6.45) is 4.70. The molecule has 5 nitrogen and oxygen atoms in total. The lowest BCUT2D eigenvalue weighted by Gasteiger charge is -2.19. The molecule has 1 saturated heterocycles. The van der Waals surface area contributed by atoms with Gasteiger partial charge in [0, 0.05) is 18.5 Å². The van der Waals surface area contributed by atoms with E-state index in [-0.39, 0.29) is 5.91 Å². The molecule has 0 spiro atoms. The largest absolute Gasteiger partial charge is 0.342 e. The molecule has 142 valence electrons. The van der Waals surface area contributed by atoms with Crippen molar-refractivity contribution in [2.45, 2.75) is 51.6 Å². The number of aromatic nitrogens is 3. The Labute approximate surface area is 164 Å². The van der Waals surface area contributed by atoms with Crippen LogP contribution in [0, 0.1) is 20.8 Å². The Morgan fingerprint density at radius 3 is 2.48 bits per heavy atom. The molecule has 1 amide bonds. The predicted molar refractivity (Wildman–Crippen MR) is 110 cm³/mol. The van der Waals surface area contributed by atoms with Crippen molar-refractivity contribution >= 4 is 34.2 Å². The van der Waals surface area contributed by atoms with E-state index in [9.17, 15) is 4.79 Å². The summed E-state index contributed by atoms with van der Waals surface area (Å²) in [7, 11) is 0. The summed E-state index contributed by atoms with van der Waals surface area (Å²) in [5, 5.41) is 10.8. The minimum atomic E-state index is 0.211. The number of rotatable bonds is 3. The van der Waals surface area contributed by atoms with Gasteiger partial charge in [-0.2, -0.15) is 0 Å². The van der Waals surface area contributed by atoms with Crippen molar-refractivity contribution in [1.29, 1.82) is 0 Å². The van der Waals surface area contributed by atoms with Crippen molar-refractivity contribution in [3.05, 3.63) is 34.9 Å². The second-order valence-electron chi connectivity index (χ2n) is 7.57. The molecule has 0 saturated carbocycles. The van der Waals surface area contributed by atoms with E-state index < -0.39 is 0 Å². The second kappa shape index (κ2) is 7.50. The number of thioether (sulfide) groups is 1. The number of benzene rings is 1. The van der Waals surface area contributed by atoms with Crippen LogP contribution in [0.4, 0.5) is 0 Å². The first-order valence-electron chi connectivity index (χ1n) is 9.71. The molecule has 0 N–H and O–H groups in total. The number of pyridine rings is 1. The molecule has 1 aliphatic rings. The highest BCUT2D eigenvalue weighted by molar-refractivity contribution is 7.99. The third-order valence-electron chi connectivity index (χ3n) is 5.38. The van der Waals surface area contributed by atoms with Crippen LogP contribution < -0.4 is 0 Å². The van der Waals surface area contributed by atoms with Crippen molar-refractivity contribution < 1.29 is 4.79 Å². The van der Waals surface area contributed by atoms with Crippen LogP contribution in [0.5, 0.6) is 0 Å². The average molecular weight is 383 g/mol. The van der Waals surface area contributed by atoms with Gasteiger partial charge in [0.05, 0.1) is 11.3 Å². The van der Waals surface area contributed by atoms with Crippen molar-refractivity contribution in [1.82, 2.24) is 19.5 Å². The van der Waals surface area contributed by atoms with Crippen LogP contribution in [-0.2, 0) is 4.79 Å². The molecule has 4 rings (SSSR count). The van der Waals surface area contributed by atoms with Crippen LogP contribution in [0.1, 0.15) is 42.4 Å². The zero-order chi connectivity index (χ0) is 19.0. The van der Waals surface area contributed by atoms with Gasteiger partial charge in [0.15, 0.2) is 10.8 Å². The van der Waals surface area contributed by atoms with Crippen LogP contribution in [0.3, 0.4) is 0 Å². The summed E-state index contributed by atoms with van der Waals surface area (Å²) in [4.78, 5) is 14.7. The minimum absolute atomic E-state index is 0.211.